The highest BCUT2D eigenvalue weighted by atomic mass is 32.2. The number of carbonyl (C=O) groups is 1. The van der Waals surface area contributed by atoms with E-state index in [1.54, 1.807) is 0 Å². The Morgan fingerprint density at radius 2 is 1.74 bits per heavy atom. The molecular weight excluding hydrogens is 424 g/mol. The summed E-state index contributed by atoms with van der Waals surface area (Å²) in [6.45, 7) is 0.703. The molecule has 9 heteroatoms. The largest absolute Gasteiger partial charge is 0.309 e. The Kier molecular flexibility index (Phi) is 5.77. The molecule has 4 rings (SSSR count). The SMILES string of the molecule is N#Cc1ccc(S(=O)(=O)N2CCC(C(=O)N3CCCc4cc(F)cc(F)c43)CC2)cc1. The zero-order valence-corrected chi connectivity index (χ0v) is 17.5. The van der Waals surface area contributed by atoms with Crippen LogP contribution in [0.5, 0.6) is 0 Å². The van der Waals surface area contributed by atoms with E-state index in [4.69, 9.17) is 5.26 Å². The zero-order chi connectivity index (χ0) is 22.2. The first-order chi connectivity index (χ1) is 14.8. The second kappa shape index (κ2) is 8.36. The monoisotopic (exact) mass is 445 g/mol. The Morgan fingerprint density at radius 1 is 1.06 bits per heavy atom. The Morgan fingerprint density at radius 3 is 2.39 bits per heavy atom. The third-order valence-electron chi connectivity index (χ3n) is 5.90. The summed E-state index contributed by atoms with van der Waals surface area (Å²) in [4.78, 5) is 14.6. The van der Waals surface area contributed by atoms with Gasteiger partial charge in [-0.15, -0.1) is 0 Å². The van der Waals surface area contributed by atoms with E-state index in [2.05, 4.69) is 0 Å². The fourth-order valence-electron chi connectivity index (χ4n) is 4.29. The standard InChI is InChI=1S/C22H21F2N3O3S/c23-18-12-17-2-1-9-27(21(17)20(24)13-18)22(28)16-7-10-26(11-8-16)31(29,30)19-5-3-15(14-25)4-6-19/h3-6,12-13,16H,1-2,7-11H2. The maximum atomic E-state index is 14.4. The summed E-state index contributed by atoms with van der Waals surface area (Å²) in [6.07, 6.45) is 1.77. The second-order valence-corrected chi connectivity index (χ2v) is 9.74. The molecule has 0 radical (unpaired) electrons. The summed E-state index contributed by atoms with van der Waals surface area (Å²) in [5, 5.41) is 8.87. The van der Waals surface area contributed by atoms with Gasteiger partial charge in [-0.3, -0.25) is 4.79 Å². The topological polar surface area (TPSA) is 81.5 Å². The van der Waals surface area contributed by atoms with Gasteiger partial charge in [0.1, 0.15) is 11.6 Å². The van der Waals surface area contributed by atoms with E-state index < -0.39 is 27.6 Å². The van der Waals surface area contributed by atoms with Crippen molar-refractivity contribution in [2.24, 2.45) is 5.92 Å². The lowest BCUT2D eigenvalue weighted by atomic mass is 9.93. The Balaban J connectivity index is 1.47. The zero-order valence-electron chi connectivity index (χ0n) is 16.7. The van der Waals surface area contributed by atoms with Crippen molar-refractivity contribution in [2.75, 3.05) is 24.5 Å². The molecule has 1 fully saturated rings. The summed E-state index contributed by atoms with van der Waals surface area (Å²) in [5.74, 6) is -2.08. The molecule has 1 amide bonds. The molecule has 2 aliphatic rings. The first kappa shape index (κ1) is 21.4. The highest BCUT2D eigenvalue weighted by Gasteiger charge is 2.36. The smallest absolute Gasteiger partial charge is 0.243 e. The number of halogens is 2. The predicted octanol–water partition coefficient (Wildman–Crippen LogP) is 3.22. The summed E-state index contributed by atoms with van der Waals surface area (Å²) < 4.78 is 55.0. The molecule has 0 unspecified atom stereocenters. The van der Waals surface area contributed by atoms with Gasteiger partial charge in [0.25, 0.3) is 0 Å². The van der Waals surface area contributed by atoms with E-state index in [1.165, 1.54) is 39.5 Å². The number of aryl methyl sites for hydroxylation is 1. The van der Waals surface area contributed by atoms with Crippen molar-refractivity contribution in [2.45, 2.75) is 30.6 Å². The number of benzene rings is 2. The molecule has 0 N–H and O–H groups in total. The van der Waals surface area contributed by atoms with Crippen LogP contribution < -0.4 is 4.90 Å². The van der Waals surface area contributed by atoms with Crippen molar-refractivity contribution in [3.8, 4) is 6.07 Å². The molecule has 1 saturated heterocycles. The fraction of sp³-hybridized carbons (Fsp3) is 0.364. The number of carbonyl (C=O) groups excluding carboxylic acids is 1. The normalized spacial score (nSPS) is 17.8. The Bertz CT molecular complexity index is 1150. The van der Waals surface area contributed by atoms with E-state index in [1.807, 2.05) is 6.07 Å². The van der Waals surface area contributed by atoms with Crippen molar-refractivity contribution in [3.05, 3.63) is 59.2 Å². The molecule has 0 saturated carbocycles. The van der Waals surface area contributed by atoms with E-state index >= 15 is 0 Å². The lowest BCUT2D eigenvalue weighted by Crippen LogP contribution is -2.46. The molecule has 31 heavy (non-hydrogen) atoms. The van der Waals surface area contributed by atoms with E-state index in [0.717, 1.165) is 6.07 Å². The maximum Gasteiger partial charge on any atom is 0.243 e. The molecule has 2 heterocycles. The van der Waals surface area contributed by atoms with Crippen LogP contribution in [0.3, 0.4) is 0 Å². The molecule has 0 aromatic heterocycles. The summed E-state index contributed by atoms with van der Waals surface area (Å²) in [6, 6.07) is 9.71. The lowest BCUT2D eigenvalue weighted by Gasteiger charge is -2.36. The van der Waals surface area contributed by atoms with Gasteiger partial charge in [-0.25, -0.2) is 17.2 Å². The van der Waals surface area contributed by atoms with Gasteiger partial charge in [0.15, 0.2) is 0 Å². The minimum absolute atomic E-state index is 0.102. The minimum atomic E-state index is -3.72. The van der Waals surface area contributed by atoms with Crippen molar-refractivity contribution in [3.63, 3.8) is 0 Å². The van der Waals surface area contributed by atoms with Gasteiger partial charge in [0.2, 0.25) is 15.9 Å². The quantitative estimate of drug-likeness (QED) is 0.727. The highest BCUT2D eigenvalue weighted by Crippen LogP contribution is 2.34. The molecule has 162 valence electrons. The van der Waals surface area contributed by atoms with Gasteiger partial charge in [-0.2, -0.15) is 9.57 Å². The van der Waals surface area contributed by atoms with Crippen LogP contribution in [0.1, 0.15) is 30.4 Å². The number of anilines is 1. The van der Waals surface area contributed by atoms with Gasteiger partial charge in [0.05, 0.1) is 22.2 Å². The molecule has 2 aromatic rings. The first-order valence-electron chi connectivity index (χ1n) is 10.1. The number of nitriles is 1. The average molecular weight is 445 g/mol. The molecular formula is C22H21F2N3O3S. The number of hydrogen-bond donors (Lipinski definition) is 0. The van der Waals surface area contributed by atoms with E-state index in [9.17, 15) is 22.0 Å². The molecule has 0 atom stereocenters. The summed E-state index contributed by atoms with van der Waals surface area (Å²) >= 11 is 0. The van der Waals surface area contributed by atoms with Crippen LogP contribution in [0.4, 0.5) is 14.5 Å². The van der Waals surface area contributed by atoms with Crippen LogP contribution in [0, 0.1) is 28.9 Å². The van der Waals surface area contributed by atoms with Crippen LogP contribution in [-0.4, -0.2) is 38.3 Å². The molecule has 2 aliphatic heterocycles. The lowest BCUT2D eigenvalue weighted by molar-refractivity contribution is -0.123. The Hall–Kier alpha value is -2.83. The third kappa shape index (κ3) is 4.05. The number of fused-ring (bicyclic) bond motifs is 1. The molecule has 0 spiro atoms. The number of hydrogen-bond acceptors (Lipinski definition) is 4. The number of piperidine rings is 1. The number of rotatable bonds is 3. The molecule has 6 nitrogen and oxygen atoms in total. The van der Waals surface area contributed by atoms with Crippen molar-refractivity contribution in [1.29, 1.82) is 5.26 Å². The van der Waals surface area contributed by atoms with Crippen LogP contribution in [-0.2, 0) is 21.2 Å². The minimum Gasteiger partial charge on any atom is -0.309 e. The van der Waals surface area contributed by atoms with Crippen LogP contribution in [0.25, 0.3) is 0 Å². The second-order valence-electron chi connectivity index (χ2n) is 7.80. The van der Waals surface area contributed by atoms with Gasteiger partial charge >= 0.3 is 0 Å². The molecule has 0 aliphatic carbocycles. The summed E-state index contributed by atoms with van der Waals surface area (Å²) in [5.41, 5.74) is 1.00. The fourth-order valence-corrected chi connectivity index (χ4v) is 5.76. The van der Waals surface area contributed by atoms with E-state index in [0.29, 0.717) is 43.4 Å². The van der Waals surface area contributed by atoms with Crippen LogP contribution in [0.15, 0.2) is 41.3 Å². The number of nitrogens with zero attached hydrogens (tertiary/aromatic N) is 3. The number of amides is 1. The van der Waals surface area contributed by atoms with Crippen molar-refractivity contribution < 1.29 is 22.0 Å². The number of sulfonamides is 1. The Labute approximate surface area is 179 Å². The highest BCUT2D eigenvalue weighted by molar-refractivity contribution is 7.89. The predicted molar refractivity (Wildman–Crippen MR) is 110 cm³/mol. The van der Waals surface area contributed by atoms with E-state index in [-0.39, 0.29) is 29.6 Å². The molecule has 0 bridgehead atoms. The maximum absolute atomic E-state index is 14.4. The first-order valence-corrected chi connectivity index (χ1v) is 11.5. The molecule has 2 aromatic carbocycles. The van der Waals surface area contributed by atoms with Crippen molar-refractivity contribution in [1.82, 2.24) is 4.31 Å². The average Bonchev–Trinajstić information content (AvgIpc) is 2.78. The summed E-state index contributed by atoms with van der Waals surface area (Å²) in [7, 11) is -3.72. The van der Waals surface area contributed by atoms with Gasteiger partial charge in [0, 0.05) is 31.6 Å². The van der Waals surface area contributed by atoms with Gasteiger partial charge in [-0.05, 0) is 61.6 Å². The van der Waals surface area contributed by atoms with Crippen LogP contribution in [0.2, 0.25) is 0 Å². The van der Waals surface area contributed by atoms with Gasteiger partial charge in [-0.1, -0.05) is 0 Å². The van der Waals surface area contributed by atoms with Crippen molar-refractivity contribution >= 4 is 21.6 Å². The van der Waals surface area contributed by atoms with Gasteiger partial charge < -0.3 is 4.90 Å². The third-order valence-corrected chi connectivity index (χ3v) is 7.81. The van der Waals surface area contributed by atoms with Crippen LogP contribution >= 0.6 is 0 Å².